The number of rotatable bonds is 7. The fourth-order valence-corrected chi connectivity index (χ4v) is 8.12. The second-order valence-corrected chi connectivity index (χ2v) is 15.0. The lowest BCUT2D eigenvalue weighted by molar-refractivity contribution is 1.07. The molecule has 0 saturated carbocycles. The number of nitrogens with zero attached hydrogens (tertiary/aromatic N) is 6. The smallest absolute Gasteiger partial charge is 0.164 e. The third kappa shape index (κ3) is 6.99. The molecule has 10 rings (SSSR count). The van der Waals surface area contributed by atoms with Gasteiger partial charge in [0.1, 0.15) is 6.07 Å². The molecule has 0 aliphatic rings. The molecule has 286 valence electrons. The number of aromatic nitrogens is 3. The number of fused-ring (bicyclic) bond motifs is 3. The Balaban J connectivity index is 1.00. The molecule has 0 spiro atoms. The Labute approximate surface area is 358 Å². The number of hydrogen-bond acceptors (Lipinski definition) is 6. The van der Waals surface area contributed by atoms with Gasteiger partial charge < -0.3 is 0 Å². The van der Waals surface area contributed by atoms with E-state index in [0.29, 0.717) is 34.2 Å². The highest BCUT2D eigenvalue weighted by Gasteiger charge is 2.17. The lowest BCUT2D eigenvalue weighted by atomic mass is 9.87. The fraction of sp³-hybridized carbons (Fsp3) is 0. The number of hydrogen-bond donors (Lipinski definition) is 0. The maximum Gasteiger partial charge on any atom is 0.164 e. The van der Waals surface area contributed by atoms with Crippen LogP contribution in [0.1, 0.15) is 16.7 Å². The van der Waals surface area contributed by atoms with E-state index in [0.717, 1.165) is 61.2 Å². The van der Waals surface area contributed by atoms with E-state index in [1.54, 1.807) is 24.3 Å². The number of benzene rings is 9. The summed E-state index contributed by atoms with van der Waals surface area (Å²) in [5.41, 5.74) is 11.8. The summed E-state index contributed by atoms with van der Waals surface area (Å²) in [4.78, 5) is 14.5. The summed E-state index contributed by atoms with van der Waals surface area (Å²) >= 11 is 0. The molecular formula is C56H32N6. The maximum atomic E-state index is 10.8. The van der Waals surface area contributed by atoms with Crippen molar-refractivity contribution in [3.05, 3.63) is 211 Å². The molecule has 0 aliphatic carbocycles. The summed E-state index contributed by atoms with van der Waals surface area (Å²) in [6.45, 7) is 0. The highest BCUT2D eigenvalue weighted by Crippen LogP contribution is 2.39. The summed E-state index contributed by atoms with van der Waals surface area (Å²) in [6.07, 6.45) is 0. The molecule has 0 fully saturated rings. The Kier molecular flexibility index (Phi) is 9.60. The fourth-order valence-electron chi connectivity index (χ4n) is 8.12. The van der Waals surface area contributed by atoms with Crippen molar-refractivity contribution in [1.82, 2.24) is 15.0 Å². The third-order valence-electron chi connectivity index (χ3n) is 11.3. The van der Waals surface area contributed by atoms with Crippen LogP contribution < -0.4 is 0 Å². The largest absolute Gasteiger partial charge is 0.208 e. The van der Waals surface area contributed by atoms with E-state index in [1.807, 2.05) is 78.9 Å². The Morgan fingerprint density at radius 1 is 0.290 bits per heavy atom. The molecular weight excluding hydrogens is 757 g/mol. The topological polar surface area (TPSA) is 110 Å². The van der Waals surface area contributed by atoms with Crippen LogP contribution in [-0.4, -0.2) is 15.0 Å². The second-order valence-electron chi connectivity index (χ2n) is 15.0. The first-order valence-electron chi connectivity index (χ1n) is 20.1. The van der Waals surface area contributed by atoms with Gasteiger partial charge in [0.15, 0.2) is 17.5 Å². The van der Waals surface area contributed by atoms with E-state index >= 15 is 0 Å². The SMILES string of the molecule is N#Cc1ccc(-c2nc(-c3ccc(C#N)cc3)nc(-c3ccc(-c4ccccc4-c4cccc(-c5cccc(-c6ccc7c(ccc8ccccc87)c6)c5)c4C#N)cc3)n2)cc1. The van der Waals surface area contributed by atoms with E-state index in [-0.39, 0.29) is 0 Å². The zero-order valence-electron chi connectivity index (χ0n) is 33.2. The lowest BCUT2D eigenvalue weighted by Crippen LogP contribution is -2.00. The molecule has 6 nitrogen and oxygen atoms in total. The highest BCUT2D eigenvalue weighted by molar-refractivity contribution is 6.08. The summed E-state index contributed by atoms with van der Waals surface area (Å²) in [7, 11) is 0. The average Bonchev–Trinajstić information content (AvgIpc) is 3.36. The van der Waals surface area contributed by atoms with Gasteiger partial charge in [-0.15, -0.1) is 0 Å². The van der Waals surface area contributed by atoms with Crippen molar-refractivity contribution < 1.29 is 0 Å². The van der Waals surface area contributed by atoms with Crippen LogP contribution in [0, 0.1) is 34.0 Å². The van der Waals surface area contributed by atoms with Crippen molar-refractivity contribution in [1.29, 1.82) is 15.8 Å². The Morgan fingerprint density at radius 2 is 0.758 bits per heavy atom. The molecule has 0 unspecified atom stereocenters. The molecule has 6 heteroatoms. The van der Waals surface area contributed by atoms with Gasteiger partial charge in [-0.25, -0.2) is 15.0 Å². The van der Waals surface area contributed by atoms with Crippen molar-refractivity contribution in [3.63, 3.8) is 0 Å². The molecule has 0 bridgehead atoms. The predicted octanol–water partition coefficient (Wildman–Crippen LogP) is 13.5. The summed E-state index contributed by atoms with van der Waals surface area (Å²) in [5, 5.41) is 34.4. The highest BCUT2D eigenvalue weighted by atomic mass is 15.0. The average molecular weight is 789 g/mol. The Morgan fingerprint density at radius 3 is 1.40 bits per heavy atom. The molecule has 62 heavy (non-hydrogen) atoms. The summed E-state index contributed by atoms with van der Waals surface area (Å²) in [5.74, 6) is 1.42. The first-order chi connectivity index (χ1) is 30.6. The van der Waals surface area contributed by atoms with Crippen LogP contribution in [0.3, 0.4) is 0 Å². The van der Waals surface area contributed by atoms with Crippen LogP contribution in [0.15, 0.2) is 194 Å². The molecule has 0 aliphatic heterocycles. The maximum absolute atomic E-state index is 10.8. The summed E-state index contributed by atoms with van der Waals surface area (Å²) in [6, 6.07) is 71.4. The first kappa shape index (κ1) is 37.3. The molecule has 1 aromatic heterocycles. The third-order valence-corrected chi connectivity index (χ3v) is 11.3. The molecule has 0 saturated heterocycles. The van der Waals surface area contributed by atoms with Crippen LogP contribution in [-0.2, 0) is 0 Å². The van der Waals surface area contributed by atoms with Crippen LogP contribution in [0.25, 0.3) is 100 Å². The first-order valence-corrected chi connectivity index (χ1v) is 20.1. The van der Waals surface area contributed by atoms with Crippen molar-refractivity contribution in [2.24, 2.45) is 0 Å². The molecule has 0 radical (unpaired) electrons. The van der Waals surface area contributed by atoms with E-state index in [4.69, 9.17) is 15.0 Å². The minimum Gasteiger partial charge on any atom is -0.208 e. The molecule has 10 aromatic rings. The van der Waals surface area contributed by atoms with E-state index in [2.05, 4.69) is 109 Å². The van der Waals surface area contributed by atoms with Crippen molar-refractivity contribution in [3.8, 4) is 96.9 Å². The van der Waals surface area contributed by atoms with E-state index < -0.39 is 0 Å². The minimum atomic E-state index is 0.466. The molecule has 0 N–H and O–H groups in total. The lowest BCUT2D eigenvalue weighted by Gasteiger charge is -2.15. The van der Waals surface area contributed by atoms with Crippen LogP contribution in [0.5, 0.6) is 0 Å². The van der Waals surface area contributed by atoms with Gasteiger partial charge in [0.05, 0.1) is 28.8 Å². The van der Waals surface area contributed by atoms with Crippen molar-refractivity contribution in [2.75, 3.05) is 0 Å². The molecule has 1 heterocycles. The van der Waals surface area contributed by atoms with Crippen LogP contribution in [0.4, 0.5) is 0 Å². The van der Waals surface area contributed by atoms with E-state index in [1.165, 1.54) is 21.5 Å². The Bertz CT molecular complexity index is 3400. The van der Waals surface area contributed by atoms with Crippen molar-refractivity contribution >= 4 is 21.5 Å². The predicted molar refractivity (Wildman–Crippen MR) is 247 cm³/mol. The Hall–Kier alpha value is -9.02. The quantitative estimate of drug-likeness (QED) is 0.149. The van der Waals surface area contributed by atoms with Crippen molar-refractivity contribution in [2.45, 2.75) is 0 Å². The standard InChI is InChI=1S/C56H32N6/c57-33-36-15-19-40(20-16-36)54-60-55(41-21-17-37(34-58)18-22-41)62-56(61-54)42-26-23-39(24-27-42)48-11-3-4-12-51(48)52-14-6-13-49(53(52)35-59)45-9-5-8-43(31-45)44-29-30-50-46(32-44)28-25-38-7-1-2-10-47(38)50/h1-32H. The molecule has 0 amide bonds. The van der Waals surface area contributed by atoms with Crippen LogP contribution in [0.2, 0.25) is 0 Å². The van der Waals surface area contributed by atoms with Gasteiger partial charge >= 0.3 is 0 Å². The van der Waals surface area contributed by atoms with Gasteiger partial charge in [-0.05, 0) is 116 Å². The molecule has 9 aromatic carbocycles. The monoisotopic (exact) mass is 788 g/mol. The summed E-state index contributed by atoms with van der Waals surface area (Å²) < 4.78 is 0. The van der Waals surface area contributed by atoms with Gasteiger partial charge in [-0.3, -0.25) is 0 Å². The molecule has 0 atom stereocenters. The zero-order chi connectivity index (χ0) is 42.0. The number of nitriles is 3. The van der Waals surface area contributed by atoms with Gasteiger partial charge in [0, 0.05) is 27.8 Å². The normalized spacial score (nSPS) is 10.9. The van der Waals surface area contributed by atoms with E-state index in [9.17, 15) is 15.8 Å². The zero-order valence-corrected chi connectivity index (χ0v) is 33.2. The van der Waals surface area contributed by atoms with Gasteiger partial charge in [-0.2, -0.15) is 15.8 Å². The van der Waals surface area contributed by atoms with Crippen LogP contribution >= 0.6 is 0 Å². The second kappa shape index (κ2) is 16.0. The van der Waals surface area contributed by atoms with Gasteiger partial charge in [-0.1, -0.05) is 133 Å². The minimum absolute atomic E-state index is 0.466. The van der Waals surface area contributed by atoms with Gasteiger partial charge in [0.2, 0.25) is 0 Å². The van der Waals surface area contributed by atoms with Gasteiger partial charge in [0.25, 0.3) is 0 Å².